The summed E-state index contributed by atoms with van der Waals surface area (Å²) >= 11 is 11.6. The van der Waals surface area contributed by atoms with Crippen molar-refractivity contribution in [2.45, 2.75) is 90.0 Å². The average molecular weight is 297 g/mol. The molecule has 0 aliphatic rings. The van der Waals surface area contributed by atoms with Crippen LogP contribution in [0.4, 0.5) is 0 Å². The third kappa shape index (κ3) is 16.8. The molecule has 104 valence electrons. The largest absolute Gasteiger partial charge is 0.237 e. The standard InChI is InChI=1S/C14H30Cl2Si/c1-2-3-4-5-6-7-8-9-10-11-12-13-14-17(15)16/h17H,2-14H2,1H3. The van der Waals surface area contributed by atoms with Gasteiger partial charge in [-0.3, -0.25) is 0 Å². The summed E-state index contributed by atoms with van der Waals surface area (Å²) in [5.41, 5.74) is 0. The lowest BCUT2D eigenvalue weighted by molar-refractivity contribution is 0.548. The Kier molecular flexibility index (Phi) is 15.6. The van der Waals surface area contributed by atoms with Crippen LogP contribution in [0.15, 0.2) is 0 Å². The molecule has 0 saturated carbocycles. The average Bonchev–Trinajstić information content (AvgIpc) is 2.30. The van der Waals surface area contributed by atoms with Crippen molar-refractivity contribution in [1.82, 2.24) is 0 Å². The Morgan fingerprint density at radius 3 is 1.29 bits per heavy atom. The zero-order valence-electron chi connectivity index (χ0n) is 11.5. The predicted octanol–water partition coefficient (Wildman–Crippen LogP) is 6.39. The van der Waals surface area contributed by atoms with Crippen LogP contribution in [0.25, 0.3) is 0 Å². The second kappa shape index (κ2) is 14.9. The van der Waals surface area contributed by atoms with Gasteiger partial charge in [0.15, 0.2) is 0 Å². The van der Waals surface area contributed by atoms with E-state index in [-0.39, 0.29) is 0 Å². The summed E-state index contributed by atoms with van der Waals surface area (Å²) in [6, 6.07) is 1.10. The first-order chi connectivity index (χ1) is 8.27. The van der Waals surface area contributed by atoms with Crippen molar-refractivity contribution in [2.75, 3.05) is 0 Å². The van der Waals surface area contributed by atoms with E-state index in [0.717, 1.165) is 6.04 Å². The Bertz CT molecular complexity index is 140. The van der Waals surface area contributed by atoms with E-state index >= 15 is 0 Å². The van der Waals surface area contributed by atoms with Crippen LogP contribution in [-0.4, -0.2) is 7.42 Å². The van der Waals surface area contributed by atoms with Gasteiger partial charge in [0.1, 0.15) is 0 Å². The predicted molar refractivity (Wildman–Crippen MR) is 84.7 cm³/mol. The van der Waals surface area contributed by atoms with Crippen LogP contribution in [0.3, 0.4) is 0 Å². The fourth-order valence-corrected chi connectivity index (χ4v) is 3.66. The number of hydrogen-bond acceptors (Lipinski definition) is 0. The molecule has 0 atom stereocenters. The summed E-state index contributed by atoms with van der Waals surface area (Å²) in [5.74, 6) is 0. The molecule has 0 fully saturated rings. The maximum atomic E-state index is 5.82. The molecular formula is C14H30Cl2Si. The highest BCUT2D eigenvalue weighted by atomic mass is 35.7. The molecule has 0 radical (unpaired) electrons. The molecule has 0 N–H and O–H groups in total. The number of rotatable bonds is 13. The van der Waals surface area contributed by atoms with Crippen LogP contribution in [-0.2, 0) is 0 Å². The lowest BCUT2D eigenvalue weighted by Crippen LogP contribution is -1.91. The van der Waals surface area contributed by atoms with Crippen LogP contribution in [0.1, 0.15) is 84.0 Å². The molecule has 0 bridgehead atoms. The van der Waals surface area contributed by atoms with Gasteiger partial charge in [-0.2, -0.15) is 22.2 Å². The van der Waals surface area contributed by atoms with Gasteiger partial charge in [0.25, 0.3) is 0 Å². The zero-order valence-corrected chi connectivity index (χ0v) is 14.2. The number of unbranched alkanes of at least 4 members (excludes halogenated alkanes) is 11. The van der Waals surface area contributed by atoms with Gasteiger partial charge >= 0.3 is 0 Å². The van der Waals surface area contributed by atoms with Crippen LogP contribution >= 0.6 is 22.2 Å². The SMILES string of the molecule is CCCCCCCCCCCCCC[SiH](Cl)Cl. The van der Waals surface area contributed by atoms with E-state index in [2.05, 4.69) is 6.92 Å². The Hall–Kier alpha value is 0.797. The van der Waals surface area contributed by atoms with Crippen molar-refractivity contribution < 1.29 is 0 Å². The normalized spacial score (nSPS) is 11.3. The Morgan fingerprint density at radius 1 is 0.588 bits per heavy atom. The third-order valence-corrected chi connectivity index (χ3v) is 5.43. The fourth-order valence-electron chi connectivity index (χ4n) is 2.14. The molecule has 0 saturated heterocycles. The maximum Gasteiger partial charge on any atom is 0.237 e. The summed E-state index contributed by atoms with van der Waals surface area (Å²) in [5, 5.41) is 0. The van der Waals surface area contributed by atoms with E-state index in [9.17, 15) is 0 Å². The van der Waals surface area contributed by atoms with E-state index in [1.165, 1.54) is 77.0 Å². The smallest absolute Gasteiger partial charge is 0.150 e. The molecular weight excluding hydrogens is 267 g/mol. The summed E-state index contributed by atoms with van der Waals surface area (Å²) in [6.45, 7) is 2.28. The van der Waals surface area contributed by atoms with E-state index in [1.54, 1.807) is 0 Å². The minimum absolute atomic E-state index is 1.10. The van der Waals surface area contributed by atoms with Crippen molar-refractivity contribution in [3.8, 4) is 0 Å². The van der Waals surface area contributed by atoms with Gasteiger partial charge in [0.2, 0.25) is 7.42 Å². The van der Waals surface area contributed by atoms with E-state index in [0.29, 0.717) is 0 Å². The van der Waals surface area contributed by atoms with Crippen LogP contribution in [0.5, 0.6) is 0 Å². The molecule has 0 aromatic rings. The summed E-state index contributed by atoms with van der Waals surface area (Å²) in [7, 11) is -1.31. The first-order valence-corrected chi connectivity index (χ1v) is 11.9. The monoisotopic (exact) mass is 296 g/mol. The molecule has 0 nitrogen and oxygen atoms in total. The van der Waals surface area contributed by atoms with Crippen LogP contribution in [0.2, 0.25) is 6.04 Å². The van der Waals surface area contributed by atoms with Gasteiger partial charge < -0.3 is 0 Å². The van der Waals surface area contributed by atoms with Gasteiger partial charge in [0.05, 0.1) is 0 Å². The topological polar surface area (TPSA) is 0 Å². The minimum Gasteiger partial charge on any atom is -0.150 e. The van der Waals surface area contributed by atoms with Gasteiger partial charge in [-0.15, -0.1) is 0 Å². The molecule has 17 heavy (non-hydrogen) atoms. The molecule has 0 aliphatic carbocycles. The molecule has 0 heterocycles. The zero-order chi connectivity index (χ0) is 12.8. The summed E-state index contributed by atoms with van der Waals surface area (Å²) < 4.78 is 0. The van der Waals surface area contributed by atoms with Crippen molar-refractivity contribution in [3.05, 3.63) is 0 Å². The quantitative estimate of drug-likeness (QED) is 0.210. The van der Waals surface area contributed by atoms with Crippen molar-refractivity contribution in [3.63, 3.8) is 0 Å². The van der Waals surface area contributed by atoms with Gasteiger partial charge in [-0.05, 0) is 6.04 Å². The lowest BCUT2D eigenvalue weighted by Gasteiger charge is -2.02. The van der Waals surface area contributed by atoms with E-state index in [1.807, 2.05) is 0 Å². The summed E-state index contributed by atoms with van der Waals surface area (Å²) in [4.78, 5) is 0. The second-order valence-corrected chi connectivity index (χ2v) is 10.3. The van der Waals surface area contributed by atoms with Crippen molar-refractivity contribution >= 4 is 29.6 Å². The molecule has 0 rings (SSSR count). The second-order valence-electron chi connectivity index (χ2n) is 5.07. The van der Waals surface area contributed by atoms with Gasteiger partial charge in [0, 0.05) is 0 Å². The lowest BCUT2D eigenvalue weighted by atomic mass is 10.1. The van der Waals surface area contributed by atoms with E-state index < -0.39 is 7.42 Å². The highest BCUT2D eigenvalue weighted by Crippen LogP contribution is 2.14. The van der Waals surface area contributed by atoms with Crippen molar-refractivity contribution in [1.29, 1.82) is 0 Å². The molecule has 0 unspecified atom stereocenters. The summed E-state index contributed by atoms with van der Waals surface area (Å²) in [6.07, 6.45) is 16.8. The molecule has 0 aromatic heterocycles. The molecule has 0 aromatic carbocycles. The molecule has 0 spiro atoms. The van der Waals surface area contributed by atoms with Crippen LogP contribution < -0.4 is 0 Å². The third-order valence-electron chi connectivity index (χ3n) is 3.28. The first-order valence-electron chi connectivity index (χ1n) is 7.55. The van der Waals surface area contributed by atoms with Gasteiger partial charge in [-0.25, -0.2) is 0 Å². The fraction of sp³-hybridized carbons (Fsp3) is 1.00. The van der Waals surface area contributed by atoms with E-state index in [4.69, 9.17) is 22.2 Å². The highest BCUT2D eigenvalue weighted by molar-refractivity contribution is 7.33. The Labute approximate surface area is 119 Å². The van der Waals surface area contributed by atoms with Gasteiger partial charge in [-0.1, -0.05) is 84.0 Å². The first kappa shape index (κ1) is 17.8. The molecule has 3 heteroatoms. The molecule has 0 amide bonds. The Morgan fingerprint density at radius 2 is 0.941 bits per heavy atom. The maximum absolute atomic E-state index is 5.82. The van der Waals surface area contributed by atoms with Crippen molar-refractivity contribution in [2.24, 2.45) is 0 Å². The molecule has 0 aliphatic heterocycles. The Balaban J connectivity index is 2.89. The number of halogens is 2. The number of hydrogen-bond donors (Lipinski definition) is 0. The van der Waals surface area contributed by atoms with Crippen LogP contribution in [0, 0.1) is 0 Å². The highest BCUT2D eigenvalue weighted by Gasteiger charge is 2.00. The minimum atomic E-state index is -1.31.